The standard InChI is InChI=1S/C17H20N2OS2/c1-12(22-14-9-5-6-10-14)16(20)19-17-18-15(11-21-17)13-7-3-2-4-8-13/h2-4,7-8,11-12,14H,5-6,9-10H2,1H3,(H,18,19,20)/t12-/m1/s1. The van der Waals surface area contributed by atoms with Crippen LogP contribution in [0.25, 0.3) is 11.3 Å². The van der Waals surface area contributed by atoms with Crippen LogP contribution in [0.1, 0.15) is 32.6 Å². The van der Waals surface area contributed by atoms with Gasteiger partial charge in [-0.2, -0.15) is 0 Å². The minimum absolute atomic E-state index is 0.0211. The molecule has 1 heterocycles. The monoisotopic (exact) mass is 332 g/mol. The highest BCUT2D eigenvalue weighted by molar-refractivity contribution is 8.01. The fourth-order valence-corrected chi connectivity index (χ4v) is 4.74. The van der Waals surface area contributed by atoms with Gasteiger partial charge in [0.15, 0.2) is 5.13 Å². The molecule has 3 nitrogen and oxygen atoms in total. The van der Waals surface area contributed by atoms with Gasteiger partial charge in [0.1, 0.15) is 0 Å². The second-order valence-electron chi connectivity index (χ2n) is 5.58. The van der Waals surface area contributed by atoms with Crippen molar-refractivity contribution in [2.75, 3.05) is 5.32 Å². The van der Waals surface area contributed by atoms with E-state index < -0.39 is 0 Å². The molecule has 1 aliphatic rings. The number of thioether (sulfide) groups is 1. The number of benzene rings is 1. The number of hydrogen-bond acceptors (Lipinski definition) is 4. The van der Waals surface area contributed by atoms with Crippen LogP contribution in [-0.2, 0) is 4.79 Å². The summed E-state index contributed by atoms with van der Waals surface area (Å²) in [5.41, 5.74) is 1.99. The zero-order chi connectivity index (χ0) is 15.4. The number of nitrogens with zero attached hydrogens (tertiary/aromatic N) is 1. The maximum atomic E-state index is 12.3. The summed E-state index contributed by atoms with van der Waals surface area (Å²) < 4.78 is 0. The fourth-order valence-electron chi connectivity index (χ4n) is 2.65. The number of aromatic nitrogens is 1. The first-order valence-electron chi connectivity index (χ1n) is 7.69. The first-order valence-corrected chi connectivity index (χ1v) is 9.52. The number of anilines is 1. The van der Waals surface area contributed by atoms with Crippen LogP contribution in [0, 0.1) is 0 Å². The first-order chi connectivity index (χ1) is 10.7. The lowest BCUT2D eigenvalue weighted by molar-refractivity contribution is -0.115. The molecule has 2 aromatic rings. The molecule has 1 atom stereocenters. The van der Waals surface area contributed by atoms with Gasteiger partial charge in [-0.05, 0) is 19.8 Å². The Balaban J connectivity index is 1.58. The van der Waals surface area contributed by atoms with E-state index in [2.05, 4.69) is 10.3 Å². The predicted molar refractivity (Wildman–Crippen MR) is 95.5 cm³/mol. The molecule has 0 unspecified atom stereocenters. The molecule has 0 saturated heterocycles. The summed E-state index contributed by atoms with van der Waals surface area (Å²) in [6.45, 7) is 1.99. The fraction of sp³-hybridized carbons (Fsp3) is 0.412. The van der Waals surface area contributed by atoms with Gasteiger partial charge in [0.25, 0.3) is 0 Å². The normalized spacial score (nSPS) is 16.6. The van der Waals surface area contributed by atoms with Crippen LogP contribution < -0.4 is 5.32 Å². The molecular formula is C17H20N2OS2. The molecule has 0 bridgehead atoms. The molecule has 116 valence electrons. The summed E-state index contributed by atoms with van der Waals surface area (Å²) >= 11 is 3.28. The number of hydrogen-bond donors (Lipinski definition) is 1. The Labute approximate surface area is 139 Å². The first kappa shape index (κ1) is 15.6. The molecule has 1 N–H and O–H groups in total. The maximum Gasteiger partial charge on any atom is 0.238 e. The van der Waals surface area contributed by atoms with Gasteiger partial charge in [-0.25, -0.2) is 4.98 Å². The van der Waals surface area contributed by atoms with Crippen molar-refractivity contribution in [1.82, 2.24) is 4.98 Å². The number of thiazole rings is 1. The van der Waals surface area contributed by atoms with E-state index in [1.165, 1.54) is 37.0 Å². The van der Waals surface area contributed by atoms with E-state index in [0.29, 0.717) is 10.4 Å². The van der Waals surface area contributed by atoms with Crippen molar-refractivity contribution >= 4 is 34.1 Å². The summed E-state index contributed by atoms with van der Waals surface area (Å²) in [5.74, 6) is 0.0610. The number of nitrogens with one attached hydrogen (secondary N) is 1. The third-order valence-corrected chi connectivity index (χ3v) is 6.11. The maximum absolute atomic E-state index is 12.3. The van der Waals surface area contributed by atoms with Crippen molar-refractivity contribution in [3.63, 3.8) is 0 Å². The van der Waals surface area contributed by atoms with Gasteiger partial charge in [0.05, 0.1) is 10.9 Å². The van der Waals surface area contributed by atoms with Crippen LogP contribution in [0.2, 0.25) is 0 Å². The predicted octanol–water partition coefficient (Wildman–Crippen LogP) is 4.81. The van der Waals surface area contributed by atoms with Crippen molar-refractivity contribution in [3.05, 3.63) is 35.7 Å². The van der Waals surface area contributed by atoms with Crippen molar-refractivity contribution < 1.29 is 4.79 Å². The van der Waals surface area contributed by atoms with Crippen LogP contribution in [0.3, 0.4) is 0 Å². The second-order valence-corrected chi connectivity index (χ2v) is 8.08. The van der Waals surface area contributed by atoms with E-state index in [4.69, 9.17) is 0 Å². The number of rotatable bonds is 5. The molecule has 5 heteroatoms. The topological polar surface area (TPSA) is 42.0 Å². The molecule has 0 radical (unpaired) electrons. The van der Waals surface area contributed by atoms with E-state index in [0.717, 1.165) is 11.3 Å². The van der Waals surface area contributed by atoms with Gasteiger partial charge in [-0.15, -0.1) is 23.1 Å². The summed E-state index contributed by atoms with van der Waals surface area (Å²) in [7, 11) is 0. The molecule has 1 fully saturated rings. The van der Waals surface area contributed by atoms with Crippen LogP contribution in [0.5, 0.6) is 0 Å². The molecule has 1 aromatic carbocycles. The number of carbonyl (C=O) groups excluding carboxylic acids is 1. The highest BCUT2D eigenvalue weighted by atomic mass is 32.2. The molecule has 0 spiro atoms. The molecule has 22 heavy (non-hydrogen) atoms. The van der Waals surface area contributed by atoms with Gasteiger partial charge in [0, 0.05) is 16.2 Å². The molecule has 3 rings (SSSR count). The van der Waals surface area contributed by atoms with E-state index in [-0.39, 0.29) is 11.2 Å². The third-order valence-electron chi connectivity index (χ3n) is 3.87. The Hall–Kier alpha value is -1.33. The Morgan fingerprint density at radius 1 is 1.32 bits per heavy atom. The van der Waals surface area contributed by atoms with E-state index in [1.807, 2.05) is 42.6 Å². The quantitative estimate of drug-likeness (QED) is 0.854. The molecule has 0 aliphatic heterocycles. The van der Waals surface area contributed by atoms with Crippen molar-refractivity contribution in [3.8, 4) is 11.3 Å². The summed E-state index contributed by atoms with van der Waals surface area (Å²) in [5, 5.41) is 6.25. The minimum Gasteiger partial charge on any atom is -0.301 e. The molecular weight excluding hydrogens is 312 g/mol. The van der Waals surface area contributed by atoms with Gasteiger partial charge in [-0.3, -0.25) is 4.79 Å². The number of carbonyl (C=O) groups is 1. The Bertz CT molecular complexity index is 621. The highest BCUT2D eigenvalue weighted by Gasteiger charge is 2.23. The Morgan fingerprint density at radius 3 is 2.77 bits per heavy atom. The molecule has 1 aliphatic carbocycles. The van der Waals surface area contributed by atoms with Gasteiger partial charge in [-0.1, -0.05) is 43.2 Å². The summed E-state index contributed by atoms with van der Waals surface area (Å²) in [4.78, 5) is 16.8. The Kier molecular flexibility index (Phi) is 5.16. The van der Waals surface area contributed by atoms with Crippen molar-refractivity contribution in [2.24, 2.45) is 0 Å². The lowest BCUT2D eigenvalue weighted by atomic mass is 10.2. The second kappa shape index (κ2) is 7.29. The average molecular weight is 332 g/mol. The average Bonchev–Trinajstić information content (AvgIpc) is 3.20. The largest absolute Gasteiger partial charge is 0.301 e. The summed E-state index contributed by atoms with van der Waals surface area (Å²) in [6.07, 6.45) is 5.10. The van der Waals surface area contributed by atoms with Crippen molar-refractivity contribution in [2.45, 2.75) is 43.1 Å². The van der Waals surface area contributed by atoms with E-state index in [9.17, 15) is 4.79 Å². The number of amides is 1. The zero-order valence-electron chi connectivity index (χ0n) is 12.6. The lowest BCUT2D eigenvalue weighted by Gasteiger charge is -2.14. The van der Waals surface area contributed by atoms with Crippen LogP contribution >= 0.6 is 23.1 Å². The third kappa shape index (κ3) is 3.90. The lowest BCUT2D eigenvalue weighted by Crippen LogP contribution is -2.24. The van der Waals surface area contributed by atoms with E-state index in [1.54, 1.807) is 11.8 Å². The highest BCUT2D eigenvalue weighted by Crippen LogP contribution is 2.33. The van der Waals surface area contributed by atoms with Gasteiger partial charge in [0.2, 0.25) is 5.91 Å². The molecule has 1 amide bonds. The molecule has 1 saturated carbocycles. The van der Waals surface area contributed by atoms with Crippen molar-refractivity contribution in [1.29, 1.82) is 0 Å². The van der Waals surface area contributed by atoms with Crippen LogP contribution in [0.4, 0.5) is 5.13 Å². The Morgan fingerprint density at radius 2 is 2.05 bits per heavy atom. The summed E-state index contributed by atoms with van der Waals surface area (Å²) in [6, 6.07) is 10.0. The smallest absolute Gasteiger partial charge is 0.238 e. The van der Waals surface area contributed by atoms with E-state index >= 15 is 0 Å². The van der Waals surface area contributed by atoms with Crippen LogP contribution in [0.15, 0.2) is 35.7 Å². The van der Waals surface area contributed by atoms with Crippen LogP contribution in [-0.4, -0.2) is 21.4 Å². The van der Waals surface area contributed by atoms with Gasteiger partial charge >= 0.3 is 0 Å². The zero-order valence-corrected chi connectivity index (χ0v) is 14.3. The minimum atomic E-state index is -0.0211. The molecule has 1 aromatic heterocycles. The SMILES string of the molecule is C[C@@H](SC1CCCC1)C(=O)Nc1nc(-c2ccccc2)cs1. The van der Waals surface area contributed by atoms with Gasteiger partial charge < -0.3 is 5.32 Å².